The summed E-state index contributed by atoms with van der Waals surface area (Å²) in [6.07, 6.45) is 4.79. The minimum absolute atomic E-state index is 0.167. The summed E-state index contributed by atoms with van der Waals surface area (Å²) in [5.41, 5.74) is 0.650. The lowest BCUT2D eigenvalue weighted by Crippen LogP contribution is -2.27. The number of rotatable bonds is 4. The third-order valence-corrected chi connectivity index (χ3v) is 3.36. The Kier molecular flexibility index (Phi) is 3.71. The second kappa shape index (κ2) is 5.81. The Morgan fingerprint density at radius 2 is 2.10 bits per heavy atom. The molecule has 2 aromatic rings. The molecular formula is C14H16N4O2. The number of likely N-dealkylation sites (tertiary alicyclic amines) is 1. The van der Waals surface area contributed by atoms with Crippen molar-refractivity contribution in [1.29, 1.82) is 0 Å². The number of carbonyl (C=O) groups is 1. The summed E-state index contributed by atoms with van der Waals surface area (Å²) in [6, 6.07) is 5.51. The molecule has 0 atom stereocenters. The fourth-order valence-corrected chi connectivity index (χ4v) is 2.29. The van der Waals surface area contributed by atoms with Gasteiger partial charge in [0, 0.05) is 32.1 Å². The van der Waals surface area contributed by atoms with E-state index in [0.29, 0.717) is 30.3 Å². The van der Waals surface area contributed by atoms with Crippen molar-refractivity contribution in [3.05, 3.63) is 30.3 Å². The molecule has 1 amide bonds. The van der Waals surface area contributed by atoms with Crippen LogP contribution in [-0.2, 0) is 11.2 Å². The fourth-order valence-electron chi connectivity index (χ4n) is 2.29. The zero-order valence-electron chi connectivity index (χ0n) is 11.2. The van der Waals surface area contributed by atoms with E-state index in [1.54, 1.807) is 6.20 Å². The third kappa shape index (κ3) is 2.84. The van der Waals surface area contributed by atoms with E-state index in [0.717, 1.165) is 25.9 Å². The average Bonchev–Trinajstić information content (AvgIpc) is 3.17. The predicted molar refractivity (Wildman–Crippen MR) is 71.7 cm³/mol. The monoisotopic (exact) mass is 272 g/mol. The van der Waals surface area contributed by atoms with Gasteiger partial charge in [-0.05, 0) is 25.0 Å². The molecule has 6 heteroatoms. The maximum atomic E-state index is 11.9. The van der Waals surface area contributed by atoms with Crippen molar-refractivity contribution in [2.24, 2.45) is 0 Å². The first-order valence-electron chi connectivity index (χ1n) is 6.84. The lowest BCUT2D eigenvalue weighted by atomic mass is 10.3. The zero-order chi connectivity index (χ0) is 13.8. The number of nitrogens with zero attached hydrogens (tertiary/aromatic N) is 4. The molecule has 0 radical (unpaired) electrons. The molecule has 2 aromatic heterocycles. The van der Waals surface area contributed by atoms with E-state index in [4.69, 9.17) is 4.42 Å². The summed E-state index contributed by atoms with van der Waals surface area (Å²) in [4.78, 5) is 18.0. The topological polar surface area (TPSA) is 72.1 Å². The highest BCUT2D eigenvalue weighted by atomic mass is 16.4. The highest BCUT2D eigenvalue weighted by Crippen LogP contribution is 2.16. The Hall–Kier alpha value is -2.24. The normalized spacial score (nSPS) is 14.7. The minimum atomic E-state index is 0.167. The van der Waals surface area contributed by atoms with Gasteiger partial charge in [0.1, 0.15) is 5.69 Å². The molecule has 1 aliphatic rings. The zero-order valence-corrected chi connectivity index (χ0v) is 11.2. The number of pyridine rings is 1. The van der Waals surface area contributed by atoms with Crippen molar-refractivity contribution in [2.45, 2.75) is 25.7 Å². The Morgan fingerprint density at radius 3 is 2.85 bits per heavy atom. The van der Waals surface area contributed by atoms with E-state index in [1.165, 1.54) is 0 Å². The van der Waals surface area contributed by atoms with Gasteiger partial charge in [-0.1, -0.05) is 6.07 Å². The van der Waals surface area contributed by atoms with E-state index < -0.39 is 0 Å². The van der Waals surface area contributed by atoms with Gasteiger partial charge in [0.15, 0.2) is 0 Å². The first-order chi connectivity index (χ1) is 9.83. The first-order valence-corrected chi connectivity index (χ1v) is 6.84. The van der Waals surface area contributed by atoms with Crippen LogP contribution in [0.25, 0.3) is 11.6 Å². The van der Waals surface area contributed by atoms with Crippen LogP contribution in [0.2, 0.25) is 0 Å². The van der Waals surface area contributed by atoms with Gasteiger partial charge in [-0.2, -0.15) is 0 Å². The summed E-state index contributed by atoms with van der Waals surface area (Å²) in [6.45, 7) is 1.75. The molecule has 1 aliphatic heterocycles. The molecule has 0 aromatic carbocycles. The summed E-state index contributed by atoms with van der Waals surface area (Å²) in [5.74, 6) is 1.05. The van der Waals surface area contributed by atoms with Gasteiger partial charge in [0.2, 0.25) is 11.8 Å². The number of hydrogen-bond acceptors (Lipinski definition) is 5. The van der Waals surface area contributed by atoms with Crippen LogP contribution < -0.4 is 0 Å². The SMILES string of the molecule is O=C(CCc1nnc(-c2ccccn2)o1)N1CCCC1. The Balaban J connectivity index is 1.59. The van der Waals surface area contributed by atoms with Crippen LogP contribution in [0.1, 0.15) is 25.2 Å². The molecular weight excluding hydrogens is 256 g/mol. The minimum Gasteiger partial charge on any atom is -0.419 e. The first kappa shape index (κ1) is 12.8. The number of aryl methyl sites for hydroxylation is 1. The van der Waals surface area contributed by atoms with Crippen molar-refractivity contribution in [3.8, 4) is 11.6 Å². The standard InChI is InChI=1S/C14H16N4O2/c19-13(18-9-3-4-10-18)7-6-12-16-17-14(20-12)11-5-1-2-8-15-11/h1-2,5,8H,3-4,6-7,9-10H2. The van der Waals surface area contributed by atoms with Gasteiger partial charge in [-0.25, -0.2) is 0 Å². The lowest BCUT2D eigenvalue weighted by Gasteiger charge is -2.13. The Bertz CT molecular complexity index is 576. The average molecular weight is 272 g/mol. The number of amides is 1. The molecule has 3 heterocycles. The number of hydrogen-bond donors (Lipinski definition) is 0. The van der Waals surface area contributed by atoms with Crippen LogP contribution >= 0.6 is 0 Å². The lowest BCUT2D eigenvalue weighted by molar-refractivity contribution is -0.130. The smallest absolute Gasteiger partial charge is 0.266 e. The quantitative estimate of drug-likeness (QED) is 0.846. The van der Waals surface area contributed by atoms with E-state index in [9.17, 15) is 4.79 Å². The largest absolute Gasteiger partial charge is 0.419 e. The van der Waals surface area contributed by atoms with E-state index in [1.807, 2.05) is 23.1 Å². The molecule has 104 valence electrons. The molecule has 0 bridgehead atoms. The van der Waals surface area contributed by atoms with Gasteiger partial charge in [-0.3, -0.25) is 9.78 Å². The maximum Gasteiger partial charge on any atom is 0.266 e. The van der Waals surface area contributed by atoms with E-state index in [-0.39, 0.29) is 5.91 Å². The Labute approximate surface area is 116 Å². The second-order valence-corrected chi connectivity index (χ2v) is 4.80. The molecule has 0 N–H and O–H groups in total. The summed E-state index contributed by atoms with van der Waals surface area (Å²) < 4.78 is 5.53. The molecule has 0 aliphatic carbocycles. The van der Waals surface area contributed by atoms with Crippen molar-refractivity contribution in [1.82, 2.24) is 20.1 Å². The fraction of sp³-hybridized carbons (Fsp3) is 0.429. The molecule has 0 unspecified atom stereocenters. The molecule has 1 saturated heterocycles. The van der Waals surface area contributed by atoms with Crippen LogP contribution in [-0.4, -0.2) is 39.1 Å². The second-order valence-electron chi connectivity index (χ2n) is 4.80. The molecule has 0 spiro atoms. The summed E-state index contributed by atoms with van der Waals surface area (Å²) in [7, 11) is 0. The highest BCUT2D eigenvalue weighted by Gasteiger charge is 2.18. The van der Waals surface area contributed by atoms with Gasteiger partial charge in [0.25, 0.3) is 5.89 Å². The van der Waals surface area contributed by atoms with Crippen LogP contribution in [0.3, 0.4) is 0 Å². The van der Waals surface area contributed by atoms with Crippen molar-refractivity contribution < 1.29 is 9.21 Å². The molecule has 1 fully saturated rings. The highest BCUT2D eigenvalue weighted by molar-refractivity contribution is 5.76. The van der Waals surface area contributed by atoms with Crippen LogP contribution in [0.5, 0.6) is 0 Å². The van der Waals surface area contributed by atoms with Gasteiger partial charge in [-0.15, -0.1) is 10.2 Å². The van der Waals surface area contributed by atoms with Gasteiger partial charge < -0.3 is 9.32 Å². The van der Waals surface area contributed by atoms with Gasteiger partial charge in [0.05, 0.1) is 0 Å². The molecule has 6 nitrogen and oxygen atoms in total. The van der Waals surface area contributed by atoms with Crippen molar-refractivity contribution in [2.75, 3.05) is 13.1 Å². The predicted octanol–water partition coefficient (Wildman–Crippen LogP) is 1.69. The number of aromatic nitrogens is 3. The van der Waals surface area contributed by atoms with Crippen LogP contribution in [0.4, 0.5) is 0 Å². The summed E-state index contributed by atoms with van der Waals surface area (Å²) >= 11 is 0. The molecule has 3 rings (SSSR count). The summed E-state index contributed by atoms with van der Waals surface area (Å²) in [5, 5.41) is 7.92. The number of carbonyl (C=O) groups excluding carboxylic acids is 1. The molecule has 0 saturated carbocycles. The van der Waals surface area contributed by atoms with Crippen LogP contribution in [0.15, 0.2) is 28.8 Å². The third-order valence-electron chi connectivity index (χ3n) is 3.36. The van der Waals surface area contributed by atoms with E-state index >= 15 is 0 Å². The van der Waals surface area contributed by atoms with Crippen molar-refractivity contribution >= 4 is 5.91 Å². The Morgan fingerprint density at radius 1 is 1.25 bits per heavy atom. The molecule has 20 heavy (non-hydrogen) atoms. The van der Waals surface area contributed by atoms with Crippen LogP contribution in [0, 0.1) is 0 Å². The maximum absolute atomic E-state index is 11.9. The van der Waals surface area contributed by atoms with E-state index in [2.05, 4.69) is 15.2 Å². The van der Waals surface area contributed by atoms with Crippen molar-refractivity contribution in [3.63, 3.8) is 0 Å². The van der Waals surface area contributed by atoms with Gasteiger partial charge >= 0.3 is 0 Å².